The average Bonchev–Trinajstić information content (AvgIpc) is 3.13. The van der Waals surface area contributed by atoms with E-state index in [1.54, 1.807) is 11.0 Å². The number of nitro groups is 1. The second-order valence-electron chi connectivity index (χ2n) is 6.40. The monoisotopic (exact) mass is 476 g/mol. The van der Waals surface area contributed by atoms with Gasteiger partial charge in [-0.1, -0.05) is 47.2 Å². The van der Waals surface area contributed by atoms with Gasteiger partial charge in [-0.3, -0.25) is 19.8 Å². The van der Waals surface area contributed by atoms with Crippen molar-refractivity contribution in [3.05, 3.63) is 62.6 Å². The summed E-state index contributed by atoms with van der Waals surface area (Å²) >= 11 is 4.89. The molecular weight excluding hydrogens is 456 g/mol. The van der Waals surface area contributed by atoms with Crippen LogP contribution in [0.5, 0.6) is 0 Å². The number of benzene rings is 2. The molecule has 1 aromatic heterocycles. The molecule has 0 saturated carbocycles. The fourth-order valence-corrected chi connectivity index (χ4v) is 4.52. The molecule has 1 amide bonds. The topological polar surface area (TPSA) is 79.6 Å². The molecule has 0 fully saturated rings. The Kier molecular flexibility index (Phi) is 6.94. The zero-order chi connectivity index (χ0) is 21.0. The van der Waals surface area contributed by atoms with Crippen molar-refractivity contribution < 1.29 is 9.72 Å². The third kappa shape index (κ3) is 4.98. The Morgan fingerprint density at radius 2 is 1.93 bits per heavy atom. The summed E-state index contributed by atoms with van der Waals surface area (Å²) in [5, 5.41) is 11.7. The highest BCUT2D eigenvalue weighted by atomic mass is 79.9. The molecule has 0 aliphatic rings. The van der Waals surface area contributed by atoms with Gasteiger partial charge in [0.25, 0.3) is 11.6 Å². The molecule has 0 spiro atoms. The predicted molar refractivity (Wildman–Crippen MR) is 120 cm³/mol. The number of hydrogen-bond acceptors (Lipinski definition) is 6. The highest BCUT2D eigenvalue weighted by Gasteiger charge is 2.23. The second kappa shape index (κ2) is 9.43. The first kappa shape index (κ1) is 21.4. The smallest absolute Gasteiger partial charge is 0.270 e. The van der Waals surface area contributed by atoms with Crippen LogP contribution >= 0.6 is 27.3 Å². The summed E-state index contributed by atoms with van der Waals surface area (Å²) in [6.07, 6.45) is 0. The Morgan fingerprint density at radius 3 is 2.62 bits per heavy atom. The van der Waals surface area contributed by atoms with Crippen molar-refractivity contribution >= 4 is 54.2 Å². The van der Waals surface area contributed by atoms with Gasteiger partial charge >= 0.3 is 0 Å². The molecule has 1 heterocycles. The lowest BCUT2D eigenvalue weighted by Crippen LogP contribution is -2.38. The van der Waals surface area contributed by atoms with E-state index in [9.17, 15) is 14.9 Å². The molecule has 152 valence electrons. The molecule has 7 nitrogen and oxygen atoms in total. The minimum Gasteiger partial charge on any atom is -0.302 e. The first-order valence-corrected chi connectivity index (χ1v) is 10.9. The minimum atomic E-state index is -0.494. The highest BCUT2D eigenvalue weighted by molar-refractivity contribution is 9.10. The zero-order valence-electron chi connectivity index (χ0n) is 16.2. The van der Waals surface area contributed by atoms with E-state index in [1.807, 2.05) is 18.2 Å². The number of nitro benzene ring substituents is 1. The molecular formula is C20H21BrN4O3S. The summed E-state index contributed by atoms with van der Waals surface area (Å²) in [5.41, 5.74) is 0.986. The number of nitrogens with zero attached hydrogens (tertiary/aromatic N) is 4. The van der Waals surface area contributed by atoms with Crippen LogP contribution in [0.4, 0.5) is 10.8 Å². The largest absolute Gasteiger partial charge is 0.302 e. The van der Waals surface area contributed by atoms with Crippen LogP contribution in [0.1, 0.15) is 24.2 Å². The molecule has 0 saturated heterocycles. The fourth-order valence-electron chi connectivity index (χ4n) is 2.98. The van der Waals surface area contributed by atoms with Crippen molar-refractivity contribution in [2.75, 3.05) is 31.1 Å². The van der Waals surface area contributed by atoms with E-state index < -0.39 is 4.92 Å². The van der Waals surface area contributed by atoms with Crippen LogP contribution in [0, 0.1) is 10.1 Å². The number of amides is 1. The molecule has 3 rings (SSSR count). The molecule has 0 radical (unpaired) electrons. The lowest BCUT2D eigenvalue weighted by Gasteiger charge is -2.24. The van der Waals surface area contributed by atoms with Gasteiger partial charge in [0.2, 0.25) is 0 Å². The maximum Gasteiger partial charge on any atom is 0.270 e. The van der Waals surface area contributed by atoms with Crippen molar-refractivity contribution in [3.63, 3.8) is 0 Å². The Hall–Kier alpha value is -2.36. The van der Waals surface area contributed by atoms with Gasteiger partial charge in [0.1, 0.15) is 0 Å². The summed E-state index contributed by atoms with van der Waals surface area (Å²) < 4.78 is 1.91. The summed E-state index contributed by atoms with van der Waals surface area (Å²) in [7, 11) is 0. The van der Waals surface area contributed by atoms with E-state index in [1.165, 1.54) is 29.5 Å². The van der Waals surface area contributed by atoms with E-state index in [4.69, 9.17) is 0 Å². The predicted octanol–water partition coefficient (Wildman–Crippen LogP) is 4.96. The van der Waals surface area contributed by atoms with E-state index in [2.05, 4.69) is 39.7 Å². The van der Waals surface area contributed by atoms with E-state index in [0.717, 1.165) is 27.8 Å². The molecule has 3 aromatic rings. The summed E-state index contributed by atoms with van der Waals surface area (Å²) in [4.78, 5) is 32.4. The number of likely N-dealkylation sites (N-methyl/N-ethyl adjacent to an activating group) is 1. The normalized spacial score (nSPS) is 11.2. The SMILES string of the molecule is CCN(CC)CCN(C(=O)c1cccc([N+](=O)[O-])c1)c1nc2ccc(Br)cc2s1. The number of halogens is 1. The van der Waals surface area contributed by atoms with Gasteiger partial charge in [0.05, 0.1) is 15.1 Å². The number of carbonyl (C=O) groups excluding carboxylic acids is 1. The lowest BCUT2D eigenvalue weighted by molar-refractivity contribution is -0.384. The van der Waals surface area contributed by atoms with Crippen molar-refractivity contribution in [1.82, 2.24) is 9.88 Å². The molecule has 9 heteroatoms. The molecule has 29 heavy (non-hydrogen) atoms. The summed E-state index contributed by atoms with van der Waals surface area (Å²) in [6.45, 7) is 7.04. The van der Waals surface area contributed by atoms with Gasteiger partial charge in [-0.25, -0.2) is 4.98 Å². The van der Waals surface area contributed by atoms with Gasteiger partial charge in [-0.15, -0.1) is 0 Å². The number of anilines is 1. The molecule has 2 aromatic carbocycles. The van der Waals surface area contributed by atoms with Crippen molar-refractivity contribution in [1.29, 1.82) is 0 Å². The van der Waals surface area contributed by atoms with E-state index >= 15 is 0 Å². The van der Waals surface area contributed by atoms with Crippen LogP contribution in [-0.4, -0.2) is 46.9 Å². The van der Waals surface area contributed by atoms with Crippen LogP contribution in [0.15, 0.2) is 46.9 Å². The fraction of sp³-hybridized carbons (Fsp3) is 0.300. The number of aromatic nitrogens is 1. The van der Waals surface area contributed by atoms with Crippen molar-refractivity contribution in [2.45, 2.75) is 13.8 Å². The van der Waals surface area contributed by atoms with Crippen molar-refractivity contribution in [3.8, 4) is 0 Å². The van der Waals surface area contributed by atoms with Crippen molar-refractivity contribution in [2.24, 2.45) is 0 Å². The first-order chi connectivity index (χ1) is 13.9. The van der Waals surface area contributed by atoms with Gasteiger partial charge in [-0.2, -0.15) is 0 Å². The van der Waals surface area contributed by atoms with Crippen LogP contribution in [0.25, 0.3) is 10.2 Å². The standard InChI is InChI=1S/C20H21BrN4O3S/c1-3-23(4-2)10-11-24(19(26)14-6-5-7-16(12-14)25(27)28)20-22-17-9-8-15(21)13-18(17)29-20/h5-9,12-13H,3-4,10-11H2,1-2H3. The molecule has 0 unspecified atom stereocenters. The van der Waals surface area contributed by atoms with Crippen LogP contribution in [-0.2, 0) is 0 Å². The quantitative estimate of drug-likeness (QED) is 0.339. The number of non-ortho nitro benzene ring substituents is 1. The van der Waals surface area contributed by atoms with Crippen LogP contribution in [0.2, 0.25) is 0 Å². The van der Waals surface area contributed by atoms with Gasteiger partial charge in [-0.05, 0) is 37.4 Å². The third-order valence-corrected chi connectivity index (χ3v) is 6.19. The van der Waals surface area contributed by atoms with Gasteiger partial charge in [0.15, 0.2) is 5.13 Å². The summed E-state index contributed by atoms with van der Waals surface area (Å²) in [5.74, 6) is -0.293. The maximum atomic E-state index is 13.3. The number of hydrogen-bond donors (Lipinski definition) is 0. The molecule has 0 bridgehead atoms. The minimum absolute atomic E-state index is 0.104. The van der Waals surface area contributed by atoms with E-state index in [0.29, 0.717) is 18.2 Å². The maximum absolute atomic E-state index is 13.3. The molecule has 0 atom stereocenters. The first-order valence-electron chi connectivity index (χ1n) is 9.27. The number of rotatable bonds is 8. The zero-order valence-corrected chi connectivity index (χ0v) is 18.6. The molecule has 0 N–H and O–H groups in total. The Morgan fingerprint density at radius 1 is 1.17 bits per heavy atom. The Labute approximate surface area is 181 Å². The lowest BCUT2D eigenvalue weighted by atomic mass is 10.2. The average molecular weight is 477 g/mol. The van der Waals surface area contributed by atoms with E-state index in [-0.39, 0.29) is 17.2 Å². The Balaban J connectivity index is 1.98. The van der Waals surface area contributed by atoms with Gasteiger partial charge < -0.3 is 4.90 Å². The summed E-state index contributed by atoms with van der Waals surface area (Å²) in [6, 6.07) is 11.6. The molecule has 0 aliphatic carbocycles. The highest BCUT2D eigenvalue weighted by Crippen LogP contribution is 2.32. The van der Waals surface area contributed by atoms with Crippen LogP contribution < -0.4 is 4.90 Å². The number of fused-ring (bicyclic) bond motifs is 1. The number of carbonyl (C=O) groups is 1. The Bertz CT molecular complexity index is 1040. The number of thiazole rings is 1. The van der Waals surface area contributed by atoms with Gasteiger partial charge in [0, 0.05) is 35.3 Å². The third-order valence-electron chi connectivity index (χ3n) is 4.65. The molecule has 0 aliphatic heterocycles. The van der Waals surface area contributed by atoms with Crippen LogP contribution in [0.3, 0.4) is 0 Å². The second-order valence-corrected chi connectivity index (χ2v) is 8.32.